The highest BCUT2D eigenvalue weighted by Gasteiger charge is 2.17. The van der Waals surface area contributed by atoms with Gasteiger partial charge in [-0.2, -0.15) is 4.98 Å². The van der Waals surface area contributed by atoms with Crippen molar-refractivity contribution in [1.82, 2.24) is 9.97 Å². The van der Waals surface area contributed by atoms with Crippen molar-refractivity contribution >= 4 is 22.2 Å². The van der Waals surface area contributed by atoms with Crippen LogP contribution in [0.1, 0.15) is 37.0 Å². The van der Waals surface area contributed by atoms with E-state index in [1.807, 2.05) is 20.8 Å². The first-order chi connectivity index (χ1) is 9.40. The third-order valence-electron chi connectivity index (χ3n) is 2.62. The van der Waals surface area contributed by atoms with Crippen LogP contribution in [0.5, 0.6) is 11.6 Å². The molecular formula is C15H15BrN2O2. The average molecular weight is 335 g/mol. The first-order valence-corrected chi connectivity index (χ1v) is 6.95. The molecule has 2 aromatic rings. The van der Waals surface area contributed by atoms with Crippen molar-refractivity contribution in [1.29, 1.82) is 0 Å². The minimum atomic E-state index is -0.146. The molecular weight excluding hydrogens is 320 g/mol. The topological polar surface area (TPSA) is 52.1 Å². The molecule has 1 aromatic heterocycles. The second kappa shape index (κ2) is 5.71. The monoisotopic (exact) mass is 334 g/mol. The van der Waals surface area contributed by atoms with Gasteiger partial charge in [0.25, 0.3) is 0 Å². The maximum atomic E-state index is 10.9. The Balaban J connectivity index is 2.28. The van der Waals surface area contributed by atoms with Crippen molar-refractivity contribution in [3.63, 3.8) is 0 Å². The van der Waals surface area contributed by atoms with Crippen molar-refractivity contribution in [3.05, 3.63) is 46.3 Å². The second-order valence-electron chi connectivity index (χ2n) is 5.37. The molecule has 0 spiro atoms. The van der Waals surface area contributed by atoms with E-state index in [4.69, 9.17) is 4.74 Å². The van der Waals surface area contributed by atoms with Crippen LogP contribution in [0.15, 0.2) is 34.9 Å². The number of ether oxygens (including phenoxy) is 1. The Bertz CT molecular complexity index is 636. The molecule has 104 valence electrons. The number of aldehydes is 1. The van der Waals surface area contributed by atoms with E-state index in [2.05, 4.69) is 25.9 Å². The van der Waals surface area contributed by atoms with Crippen LogP contribution >= 0.6 is 15.9 Å². The number of hydrogen-bond donors (Lipinski definition) is 0. The second-order valence-corrected chi connectivity index (χ2v) is 6.23. The highest BCUT2D eigenvalue weighted by molar-refractivity contribution is 9.10. The van der Waals surface area contributed by atoms with Crippen LogP contribution in [-0.2, 0) is 5.41 Å². The Hall–Kier alpha value is -1.75. The van der Waals surface area contributed by atoms with E-state index in [1.165, 1.54) is 0 Å². The van der Waals surface area contributed by atoms with Gasteiger partial charge in [0.15, 0.2) is 6.29 Å². The third-order valence-corrected chi connectivity index (χ3v) is 3.34. The highest BCUT2D eigenvalue weighted by atomic mass is 79.9. The van der Waals surface area contributed by atoms with E-state index in [9.17, 15) is 4.79 Å². The summed E-state index contributed by atoms with van der Waals surface area (Å²) in [6, 6.07) is 6.90. The standard InChI is InChI=1S/C15H15BrN2O2/c1-15(2,3)14-17-7-6-13(18-14)20-11-4-5-12(16)10(8-11)9-19/h4-9H,1-3H3. The Labute approximate surface area is 126 Å². The van der Waals surface area contributed by atoms with E-state index in [-0.39, 0.29) is 5.41 Å². The van der Waals surface area contributed by atoms with Gasteiger partial charge in [-0.3, -0.25) is 4.79 Å². The van der Waals surface area contributed by atoms with Crippen LogP contribution in [0, 0.1) is 0 Å². The summed E-state index contributed by atoms with van der Waals surface area (Å²) in [6.07, 6.45) is 2.44. The minimum Gasteiger partial charge on any atom is -0.439 e. The van der Waals surface area contributed by atoms with Gasteiger partial charge in [-0.25, -0.2) is 4.98 Å². The molecule has 0 saturated heterocycles. The molecule has 0 fully saturated rings. The zero-order chi connectivity index (χ0) is 14.8. The van der Waals surface area contributed by atoms with Gasteiger partial charge in [-0.1, -0.05) is 36.7 Å². The van der Waals surface area contributed by atoms with Crippen LogP contribution in [0.2, 0.25) is 0 Å². The smallest absolute Gasteiger partial charge is 0.222 e. The van der Waals surface area contributed by atoms with E-state index in [1.54, 1.807) is 30.5 Å². The fraction of sp³-hybridized carbons (Fsp3) is 0.267. The van der Waals surface area contributed by atoms with Gasteiger partial charge in [0, 0.05) is 27.7 Å². The number of carbonyl (C=O) groups excluding carboxylic acids is 1. The summed E-state index contributed by atoms with van der Waals surface area (Å²) in [7, 11) is 0. The number of halogens is 1. The molecule has 1 heterocycles. The summed E-state index contributed by atoms with van der Waals surface area (Å²) in [4.78, 5) is 19.5. The lowest BCUT2D eigenvalue weighted by Gasteiger charge is -2.16. The summed E-state index contributed by atoms with van der Waals surface area (Å²) in [5, 5.41) is 0. The summed E-state index contributed by atoms with van der Waals surface area (Å²) in [5.74, 6) is 1.74. The molecule has 2 rings (SSSR count). The first-order valence-electron chi connectivity index (χ1n) is 6.16. The molecule has 0 atom stereocenters. The van der Waals surface area contributed by atoms with Crippen molar-refractivity contribution in [2.45, 2.75) is 26.2 Å². The quantitative estimate of drug-likeness (QED) is 0.791. The van der Waals surface area contributed by atoms with Crippen LogP contribution < -0.4 is 4.74 Å². The number of nitrogens with zero attached hydrogens (tertiary/aromatic N) is 2. The van der Waals surface area contributed by atoms with Crippen molar-refractivity contribution in [2.24, 2.45) is 0 Å². The van der Waals surface area contributed by atoms with Crippen LogP contribution in [0.4, 0.5) is 0 Å². The lowest BCUT2D eigenvalue weighted by molar-refractivity contribution is 0.112. The maximum absolute atomic E-state index is 10.9. The summed E-state index contributed by atoms with van der Waals surface area (Å²) >= 11 is 3.30. The molecule has 0 unspecified atom stereocenters. The van der Waals surface area contributed by atoms with Gasteiger partial charge >= 0.3 is 0 Å². The maximum Gasteiger partial charge on any atom is 0.222 e. The van der Waals surface area contributed by atoms with Gasteiger partial charge in [0.1, 0.15) is 11.6 Å². The van der Waals surface area contributed by atoms with Gasteiger partial charge < -0.3 is 4.74 Å². The minimum absolute atomic E-state index is 0.146. The summed E-state index contributed by atoms with van der Waals surface area (Å²) in [5.41, 5.74) is 0.389. The molecule has 1 aromatic carbocycles. The van der Waals surface area contributed by atoms with Crippen molar-refractivity contribution in [3.8, 4) is 11.6 Å². The third kappa shape index (κ3) is 3.42. The Morgan fingerprint density at radius 1 is 1.25 bits per heavy atom. The average Bonchev–Trinajstić information content (AvgIpc) is 2.40. The Morgan fingerprint density at radius 2 is 2.00 bits per heavy atom. The number of carbonyl (C=O) groups is 1. The van der Waals surface area contributed by atoms with Gasteiger partial charge in [0.2, 0.25) is 5.88 Å². The fourth-order valence-corrected chi connectivity index (χ4v) is 1.90. The Kier molecular flexibility index (Phi) is 4.18. The molecule has 0 aliphatic rings. The van der Waals surface area contributed by atoms with Crippen molar-refractivity contribution in [2.75, 3.05) is 0 Å². The van der Waals surface area contributed by atoms with E-state index in [0.717, 1.165) is 10.8 Å². The normalized spacial score (nSPS) is 11.2. The fourth-order valence-electron chi connectivity index (χ4n) is 1.56. The number of hydrogen-bond acceptors (Lipinski definition) is 4. The number of rotatable bonds is 3. The van der Waals surface area contributed by atoms with Crippen LogP contribution in [-0.4, -0.2) is 16.3 Å². The molecule has 0 N–H and O–H groups in total. The molecule has 0 bridgehead atoms. The SMILES string of the molecule is CC(C)(C)c1nccc(Oc2ccc(Br)c(C=O)c2)n1. The van der Waals surface area contributed by atoms with Gasteiger partial charge in [-0.05, 0) is 18.2 Å². The molecule has 0 aliphatic carbocycles. The summed E-state index contributed by atoms with van der Waals surface area (Å²) < 4.78 is 6.42. The van der Waals surface area contributed by atoms with Crippen molar-refractivity contribution < 1.29 is 9.53 Å². The molecule has 0 radical (unpaired) electrons. The lowest BCUT2D eigenvalue weighted by atomic mass is 9.96. The lowest BCUT2D eigenvalue weighted by Crippen LogP contribution is -2.15. The molecule has 4 nitrogen and oxygen atoms in total. The molecule has 0 saturated carbocycles. The molecule has 5 heteroatoms. The molecule has 20 heavy (non-hydrogen) atoms. The van der Waals surface area contributed by atoms with E-state index < -0.39 is 0 Å². The number of aromatic nitrogens is 2. The Morgan fingerprint density at radius 3 is 2.65 bits per heavy atom. The first kappa shape index (κ1) is 14.7. The zero-order valence-electron chi connectivity index (χ0n) is 11.6. The predicted octanol–water partition coefficient (Wildman–Crippen LogP) is 4.14. The predicted molar refractivity (Wildman–Crippen MR) is 80.3 cm³/mol. The highest BCUT2D eigenvalue weighted by Crippen LogP contribution is 2.26. The molecule has 0 aliphatic heterocycles. The zero-order valence-corrected chi connectivity index (χ0v) is 13.1. The van der Waals surface area contributed by atoms with E-state index in [0.29, 0.717) is 23.0 Å². The summed E-state index contributed by atoms with van der Waals surface area (Å²) in [6.45, 7) is 6.11. The van der Waals surface area contributed by atoms with Gasteiger partial charge in [0.05, 0.1) is 0 Å². The largest absolute Gasteiger partial charge is 0.439 e. The molecule has 0 amide bonds. The van der Waals surface area contributed by atoms with Crippen LogP contribution in [0.25, 0.3) is 0 Å². The van der Waals surface area contributed by atoms with Crippen LogP contribution in [0.3, 0.4) is 0 Å². The number of benzene rings is 1. The van der Waals surface area contributed by atoms with E-state index >= 15 is 0 Å². The van der Waals surface area contributed by atoms with Gasteiger partial charge in [-0.15, -0.1) is 0 Å².